The molecule has 0 aliphatic carbocycles. The molecule has 10 heavy (non-hydrogen) atoms. The SMILES string of the molecule is CC1CC(C)[N+](C)(C)C1C. The van der Waals surface area contributed by atoms with Gasteiger partial charge in [0.15, 0.2) is 0 Å². The van der Waals surface area contributed by atoms with Crippen molar-refractivity contribution in [3.05, 3.63) is 0 Å². The van der Waals surface area contributed by atoms with Gasteiger partial charge in [-0.3, -0.25) is 0 Å². The van der Waals surface area contributed by atoms with Crippen LogP contribution in [0.5, 0.6) is 0 Å². The minimum Gasteiger partial charge on any atom is -0.324 e. The maximum absolute atomic E-state index is 2.37. The van der Waals surface area contributed by atoms with E-state index in [2.05, 4.69) is 34.9 Å². The molecule has 3 unspecified atom stereocenters. The fourth-order valence-corrected chi connectivity index (χ4v) is 2.06. The molecule has 1 saturated heterocycles. The van der Waals surface area contributed by atoms with Gasteiger partial charge in [0.1, 0.15) is 0 Å². The Morgan fingerprint density at radius 3 is 1.70 bits per heavy atom. The van der Waals surface area contributed by atoms with Crippen LogP contribution in [0.2, 0.25) is 0 Å². The van der Waals surface area contributed by atoms with Crippen molar-refractivity contribution in [2.45, 2.75) is 39.3 Å². The summed E-state index contributed by atoms with van der Waals surface area (Å²) in [6.45, 7) is 7.10. The van der Waals surface area contributed by atoms with Crippen LogP contribution in [0.4, 0.5) is 0 Å². The fraction of sp³-hybridized carbons (Fsp3) is 1.00. The highest BCUT2D eigenvalue weighted by Crippen LogP contribution is 2.32. The highest BCUT2D eigenvalue weighted by molar-refractivity contribution is 4.74. The van der Waals surface area contributed by atoms with E-state index in [4.69, 9.17) is 0 Å². The minimum atomic E-state index is 0.843. The zero-order chi connectivity index (χ0) is 7.94. The van der Waals surface area contributed by atoms with Crippen molar-refractivity contribution in [3.8, 4) is 0 Å². The third-order valence-corrected chi connectivity index (χ3v) is 3.72. The summed E-state index contributed by atoms with van der Waals surface area (Å²) in [6.07, 6.45) is 1.40. The Hall–Kier alpha value is -0.0400. The van der Waals surface area contributed by atoms with Gasteiger partial charge in [-0.2, -0.15) is 0 Å². The van der Waals surface area contributed by atoms with E-state index >= 15 is 0 Å². The van der Waals surface area contributed by atoms with Crippen molar-refractivity contribution >= 4 is 0 Å². The van der Waals surface area contributed by atoms with E-state index in [1.54, 1.807) is 0 Å². The lowest BCUT2D eigenvalue weighted by Crippen LogP contribution is -2.48. The van der Waals surface area contributed by atoms with Crippen LogP contribution in [0.25, 0.3) is 0 Å². The third kappa shape index (κ3) is 0.968. The average molecular weight is 142 g/mol. The minimum absolute atomic E-state index is 0.843. The van der Waals surface area contributed by atoms with E-state index in [0.29, 0.717) is 0 Å². The summed E-state index contributed by atoms with van der Waals surface area (Å²) in [5, 5.41) is 0. The first-order chi connectivity index (χ1) is 4.46. The zero-order valence-corrected chi connectivity index (χ0v) is 7.89. The number of hydrogen-bond acceptors (Lipinski definition) is 0. The molecule has 0 spiro atoms. The Balaban J connectivity index is 2.75. The molecule has 0 amide bonds. The van der Waals surface area contributed by atoms with Crippen molar-refractivity contribution in [2.75, 3.05) is 14.1 Å². The number of nitrogens with zero attached hydrogens (tertiary/aromatic N) is 1. The molecule has 0 bridgehead atoms. The summed E-state index contributed by atoms with van der Waals surface area (Å²) < 4.78 is 1.21. The van der Waals surface area contributed by atoms with E-state index in [1.165, 1.54) is 10.9 Å². The van der Waals surface area contributed by atoms with Crippen LogP contribution in [0.15, 0.2) is 0 Å². The second-order valence-electron chi connectivity index (χ2n) is 4.43. The molecule has 0 aromatic heterocycles. The first kappa shape index (κ1) is 8.06. The molecule has 1 rings (SSSR count). The van der Waals surface area contributed by atoms with Crippen molar-refractivity contribution in [3.63, 3.8) is 0 Å². The van der Waals surface area contributed by atoms with Gasteiger partial charge in [-0.15, -0.1) is 0 Å². The first-order valence-electron chi connectivity index (χ1n) is 4.29. The lowest BCUT2D eigenvalue weighted by molar-refractivity contribution is -0.923. The monoisotopic (exact) mass is 142 g/mol. The predicted molar refractivity (Wildman–Crippen MR) is 44.8 cm³/mol. The Morgan fingerprint density at radius 1 is 1.10 bits per heavy atom. The molecule has 1 nitrogen and oxygen atoms in total. The van der Waals surface area contributed by atoms with Crippen molar-refractivity contribution in [2.24, 2.45) is 5.92 Å². The van der Waals surface area contributed by atoms with Gasteiger partial charge in [-0.1, -0.05) is 6.92 Å². The number of hydrogen-bond donors (Lipinski definition) is 0. The summed E-state index contributed by atoms with van der Waals surface area (Å²) in [5.41, 5.74) is 0. The summed E-state index contributed by atoms with van der Waals surface area (Å²) in [6, 6.07) is 1.69. The van der Waals surface area contributed by atoms with Gasteiger partial charge >= 0.3 is 0 Å². The molecule has 3 atom stereocenters. The molecule has 1 fully saturated rings. The van der Waals surface area contributed by atoms with Crippen LogP contribution < -0.4 is 0 Å². The largest absolute Gasteiger partial charge is 0.324 e. The van der Waals surface area contributed by atoms with Crippen molar-refractivity contribution in [1.82, 2.24) is 0 Å². The molecule has 60 valence electrons. The Labute approximate surface area is 64.6 Å². The highest BCUT2D eigenvalue weighted by atomic mass is 15.4. The molecule has 0 aromatic carbocycles. The van der Waals surface area contributed by atoms with Crippen LogP contribution in [0.1, 0.15) is 27.2 Å². The van der Waals surface area contributed by atoms with E-state index in [9.17, 15) is 0 Å². The molecular weight excluding hydrogens is 122 g/mol. The van der Waals surface area contributed by atoms with Gasteiger partial charge in [-0.25, -0.2) is 0 Å². The molecule has 1 heteroatoms. The molecule has 1 heterocycles. The topological polar surface area (TPSA) is 0 Å². The standard InChI is InChI=1S/C9H20N/c1-7-6-8(2)10(4,5)9(7)3/h7-9H,6H2,1-5H3/q+1. The second kappa shape index (κ2) is 2.23. The number of quaternary nitrogens is 1. The molecule has 1 aliphatic rings. The summed E-state index contributed by atoms with van der Waals surface area (Å²) in [5.74, 6) is 0.907. The molecule has 0 aromatic rings. The highest BCUT2D eigenvalue weighted by Gasteiger charge is 2.42. The maximum atomic E-state index is 2.37. The van der Waals surface area contributed by atoms with E-state index < -0.39 is 0 Å². The van der Waals surface area contributed by atoms with Crippen LogP contribution in [-0.2, 0) is 0 Å². The number of rotatable bonds is 0. The van der Waals surface area contributed by atoms with E-state index in [1.807, 2.05) is 0 Å². The van der Waals surface area contributed by atoms with E-state index in [0.717, 1.165) is 18.0 Å². The zero-order valence-electron chi connectivity index (χ0n) is 7.89. The molecule has 1 aliphatic heterocycles. The molecule has 0 N–H and O–H groups in total. The van der Waals surface area contributed by atoms with Gasteiger partial charge in [-0.05, 0) is 13.8 Å². The predicted octanol–water partition coefficient (Wildman–Crippen LogP) is 1.88. The van der Waals surface area contributed by atoms with E-state index in [-0.39, 0.29) is 0 Å². The van der Waals surface area contributed by atoms with Crippen molar-refractivity contribution in [1.29, 1.82) is 0 Å². The Morgan fingerprint density at radius 2 is 1.60 bits per heavy atom. The normalized spacial score (nSPS) is 45.9. The summed E-state index contributed by atoms with van der Waals surface area (Å²) in [4.78, 5) is 0. The van der Waals surface area contributed by atoms with Crippen LogP contribution in [0.3, 0.4) is 0 Å². The first-order valence-corrected chi connectivity index (χ1v) is 4.29. The van der Waals surface area contributed by atoms with Gasteiger partial charge in [0.05, 0.1) is 26.2 Å². The lowest BCUT2D eigenvalue weighted by Gasteiger charge is -2.34. The fourth-order valence-electron chi connectivity index (χ4n) is 2.06. The Bertz CT molecular complexity index is 129. The van der Waals surface area contributed by atoms with Crippen LogP contribution in [0, 0.1) is 5.92 Å². The third-order valence-electron chi connectivity index (χ3n) is 3.72. The second-order valence-corrected chi connectivity index (χ2v) is 4.43. The van der Waals surface area contributed by atoms with Crippen molar-refractivity contribution < 1.29 is 4.48 Å². The molecular formula is C9H20N+. The van der Waals surface area contributed by atoms with Gasteiger partial charge in [0.2, 0.25) is 0 Å². The lowest BCUT2D eigenvalue weighted by atomic mass is 10.0. The molecule has 0 saturated carbocycles. The van der Waals surface area contributed by atoms with Gasteiger partial charge < -0.3 is 4.48 Å². The quantitative estimate of drug-likeness (QED) is 0.453. The summed E-state index contributed by atoms with van der Waals surface area (Å²) in [7, 11) is 4.69. The summed E-state index contributed by atoms with van der Waals surface area (Å²) >= 11 is 0. The average Bonchev–Trinajstić information content (AvgIpc) is 1.97. The van der Waals surface area contributed by atoms with Gasteiger partial charge in [0, 0.05) is 12.3 Å². The Kier molecular flexibility index (Phi) is 1.80. The van der Waals surface area contributed by atoms with Crippen LogP contribution >= 0.6 is 0 Å². The van der Waals surface area contributed by atoms with Crippen LogP contribution in [-0.4, -0.2) is 30.7 Å². The smallest absolute Gasteiger partial charge is 0.0887 e. The number of likely N-dealkylation sites (tertiary alicyclic amines) is 1. The maximum Gasteiger partial charge on any atom is 0.0887 e. The van der Waals surface area contributed by atoms with Gasteiger partial charge in [0.25, 0.3) is 0 Å². The molecule has 0 radical (unpaired) electrons.